The van der Waals surface area contributed by atoms with Gasteiger partial charge in [0.2, 0.25) is 0 Å². The van der Waals surface area contributed by atoms with E-state index < -0.39 is 6.10 Å². The molecule has 1 saturated carbocycles. The van der Waals surface area contributed by atoms with E-state index in [9.17, 15) is 5.11 Å². The third-order valence-electron chi connectivity index (χ3n) is 4.25. The molecular formula is C16H18N2OS2. The standard InChI is InChI=1S/C16H18N2OS2/c19-13(15-10-16-14(21-15)6-8-20-16)9-11-5-7-18(17-11)12-3-1-2-4-12/h5-8,10,12-13,19H,1-4,9H2. The summed E-state index contributed by atoms with van der Waals surface area (Å²) in [4.78, 5) is 1.05. The third-order valence-corrected chi connectivity index (χ3v) is 6.45. The molecule has 3 aromatic heterocycles. The van der Waals surface area contributed by atoms with Crippen LogP contribution in [0.15, 0.2) is 29.8 Å². The number of aliphatic hydroxyl groups excluding tert-OH is 1. The number of hydrogen-bond donors (Lipinski definition) is 1. The average Bonchev–Trinajstić information content (AvgIpc) is 3.22. The molecule has 0 saturated heterocycles. The molecule has 1 unspecified atom stereocenters. The van der Waals surface area contributed by atoms with Crippen LogP contribution in [-0.2, 0) is 6.42 Å². The van der Waals surface area contributed by atoms with E-state index in [1.54, 1.807) is 22.7 Å². The van der Waals surface area contributed by atoms with Gasteiger partial charge < -0.3 is 5.11 Å². The van der Waals surface area contributed by atoms with Crippen molar-refractivity contribution in [3.05, 3.63) is 40.3 Å². The Morgan fingerprint density at radius 3 is 2.95 bits per heavy atom. The van der Waals surface area contributed by atoms with Gasteiger partial charge >= 0.3 is 0 Å². The summed E-state index contributed by atoms with van der Waals surface area (Å²) >= 11 is 3.42. The lowest BCUT2D eigenvalue weighted by atomic mass is 10.2. The molecule has 5 heteroatoms. The Morgan fingerprint density at radius 2 is 2.14 bits per heavy atom. The zero-order valence-electron chi connectivity index (χ0n) is 11.7. The quantitative estimate of drug-likeness (QED) is 0.766. The van der Waals surface area contributed by atoms with Crippen LogP contribution in [0.5, 0.6) is 0 Å². The fourth-order valence-corrected chi connectivity index (χ4v) is 5.21. The van der Waals surface area contributed by atoms with Gasteiger partial charge in [0.15, 0.2) is 0 Å². The summed E-state index contributed by atoms with van der Waals surface area (Å²) in [5, 5.41) is 17.2. The number of thiophene rings is 2. The Kier molecular flexibility index (Phi) is 3.57. The molecule has 1 aliphatic carbocycles. The van der Waals surface area contributed by atoms with Gasteiger partial charge in [0.25, 0.3) is 0 Å². The van der Waals surface area contributed by atoms with Crippen LogP contribution in [0.1, 0.15) is 48.4 Å². The van der Waals surface area contributed by atoms with E-state index in [0.717, 1.165) is 10.6 Å². The smallest absolute Gasteiger partial charge is 0.0938 e. The van der Waals surface area contributed by atoms with Crippen LogP contribution >= 0.6 is 22.7 Å². The van der Waals surface area contributed by atoms with Gasteiger partial charge in [0.1, 0.15) is 0 Å². The van der Waals surface area contributed by atoms with Crippen LogP contribution in [0, 0.1) is 0 Å². The second-order valence-electron chi connectivity index (χ2n) is 5.74. The average molecular weight is 318 g/mol. The first-order valence-corrected chi connectivity index (χ1v) is 9.18. The lowest BCUT2D eigenvalue weighted by Crippen LogP contribution is -2.07. The molecule has 0 radical (unpaired) electrons. The Hall–Kier alpha value is -1.17. The molecule has 1 aliphatic rings. The minimum atomic E-state index is -0.443. The summed E-state index contributed by atoms with van der Waals surface area (Å²) in [6.45, 7) is 0. The topological polar surface area (TPSA) is 38.0 Å². The van der Waals surface area contributed by atoms with Crippen molar-refractivity contribution in [2.75, 3.05) is 0 Å². The minimum absolute atomic E-state index is 0.443. The van der Waals surface area contributed by atoms with Crippen molar-refractivity contribution in [3.8, 4) is 0 Å². The van der Waals surface area contributed by atoms with Crippen molar-refractivity contribution in [1.82, 2.24) is 9.78 Å². The maximum atomic E-state index is 10.4. The van der Waals surface area contributed by atoms with Crippen LogP contribution in [0.2, 0.25) is 0 Å². The van der Waals surface area contributed by atoms with Crippen molar-refractivity contribution >= 4 is 32.1 Å². The molecule has 21 heavy (non-hydrogen) atoms. The molecule has 0 aromatic carbocycles. The van der Waals surface area contributed by atoms with Gasteiger partial charge in [-0.2, -0.15) is 5.10 Å². The Morgan fingerprint density at radius 1 is 1.29 bits per heavy atom. The second-order valence-corrected chi connectivity index (χ2v) is 7.81. The van der Waals surface area contributed by atoms with Crippen molar-refractivity contribution < 1.29 is 5.11 Å². The number of hydrogen-bond acceptors (Lipinski definition) is 4. The van der Waals surface area contributed by atoms with E-state index >= 15 is 0 Å². The zero-order valence-corrected chi connectivity index (χ0v) is 13.4. The molecule has 3 heterocycles. The van der Waals surface area contributed by atoms with E-state index in [0.29, 0.717) is 12.5 Å². The SMILES string of the molecule is OC(Cc1ccn(C2CCCC2)n1)c1cc2sccc2s1. The van der Waals surface area contributed by atoms with Gasteiger partial charge in [-0.15, -0.1) is 22.7 Å². The molecule has 0 aliphatic heterocycles. The normalized spacial score (nSPS) is 17.8. The summed E-state index contributed by atoms with van der Waals surface area (Å²) in [6, 6.07) is 6.86. The lowest BCUT2D eigenvalue weighted by Gasteiger charge is -2.09. The van der Waals surface area contributed by atoms with Gasteiger partial charge in [-0.25, -0.2) is 0 Å². The highest BCUT2D eigenvalue weighted by Crippen LogP contribution is 2.34. The second kappa shape index (κ2) is 5.55. The van der Waals surface area contributed by atoms with Crippen LogP contribution in [0.4, 0.5) is 0 Å². The molecule has 4 rings (SSSR count). The summed E-state index contributed by atoms with van der Waals surface area (Å²) in [5.74, 6) is 0. The predicted molar refractivity (Wildman–Crippen MR) is 88.1 cm³/mol. The molecule has 1 atom stereocenters. The van der Waals surface area contributed by atoms with Crippen LogP contribution < -0.4 is 0 Å². The van der Waals surface area contributed by atoms with Gasteiger partial charge in [0.05, 0.1) is 17.8 Å². The highest BCUT2D eigenvalue weighted by molar-refractivity contribution is 7.26. The van der Waals surface area contributed by atoms with Crippen molar-refractivity contribution in [3.63, 3.8) is 0 Å². The maximum Gasteiger partial charge on any atom is 0.0938 e. The first kappa shape index (κ1) is 13.5. The predicted octanol–water partition coefficient (Wildman–Crippen LogP) is 4.55. The Labute approximate surface area is 131 Å². The zero-order chi connectivity index (χ0) is 14.2. The van der Waals surface area contributed by atoms with E-state index in [1.807, 2.05) is 0 Å². The van der Waals surface area contributed by atoms with Crippen molar-refractivity contribution in [2.24, 2.45) is 0 Å². The fourth-order valence-electron chi connectivity index (χ4n) is 3.11. The van der Waals surface area contributed by atoms with Gasteiger partial charge in [-0.1, -0.05) is 12.8 Å². The third kappa shape index (κ3) is 2.65. The first-order valence-electron chi connectivity index (χ1n) is 7.48. The Bertz CT molecular complexity index is 708. The summed E-state index contributed by atoms with van der Waals surface area (Å²) in [6.07, 6.45) is 7.35. The number of aromatic nitrogens is 2. The highest BCUT2D eigenvalue weighted by Gasteiger charge is 2.19. The van der Waals surface area contributed by atoms with E-state index in [1.165, 1.54) is 35.1 Å². The van der Waals surface area contributed by atoms with E-state index in [-0.39, 0.29) is 0 Å². The monoisotopic (exact) mass is 318 g/mol. The van der Waals surface area contributed by atoms with Crippen LogP contribution in [0.25, 0.3) is 9.40 Å². The number of fused-ring (bicyclic) bond motifs is 1. The van der Waals surface area contributed by atoms with Gasteiger partial charge in [0, 0.05) is 26.9 Å². The van der Waals surface area contributed by atoms with Gasteiger partial charge in [-0.3, -0.25) is 4.68 Å². The number of rotatable bonds is 4. The van der Waals surface area contributed by atoms with E-state index in [4.69, 9.17) is 0 Å². The van der Waals surface area contributed by atoms with E-state index in [2.05, 4.69) is 39.6 Å². The minimum Gasteiger partial charge on any atom is -0.387 e. The fraction of sp³-hybridized carbons (Fsp3) is 0.438. The molecule has 1 N–H and O–H groups in total. The molecule has 0 amide bonds. The highest BCUT2D eigenvalue weighted by atomic mass is 32.1. The van der Waals surface area contributed by atoms with Crippen molar-refractivity contribution in [2.45, 2.75) is 44.2 Å². The maximum absolute atomic E-state index is 10.4. The number of nitrogens with zero attached hydrogens (tertiary/aromatic N) is 2. The molecule has 3 nitrogen and oxygen atoms in total. The van der Waals surface area contributed by atoms with Gasteiger partial charge in [-0.05, 0) is 36.4 Å². The first-order chi connectivity index (χ1) is 10.3. The molecule has 3 aromatic rings. The van der Waals surface area contributed by atoms with Crippen LogP contribution in [0.3, 0.4) is 0 Å². The molecular weight excluding hydrogens is 300 g/mol. The lowest BCUT2D eigenvalue weighted by molar-refractivity contribution is 0.180. The Balaban J connectivity index is 1.48. The van der Waals surface area contributed by atoms with Crippen molar-refractivity contribution in [1.29, 1.82) is 0 Å². The molecule has 1 fully saturated rings. The molecule has 110 valence electrons. The molecule has 0 spiro atoms. The van der Waals surface area contributed by atoms with Crippen LogP contribution in [-0.4, -0.2) is 14.9 Å². The summed E-state index contributed by atoms with van der Waals surface area (Å²) < 4.78 is 4.64. The largest absolute Gasteiger partial charge is 0.387 e. The summed E-state index contributed by atoms with van der Waals surface area (Å²) in [5.41, 5.74) is 0.992. The number of aliphatic hydroxyl groups is 1. The summed E-state index contributed by atoms with van der Waals surface area (Å²) in [7, 11) is 0. The molecule has 0 bridgehead atoms.